The lowest BCUT2D eigenvalue weighted by Crippen LogP contribution is -2.42. The highest BCUT2D eigenvalue weighted by atomic mass is 16.6. The first kappa shape index (κ1) is 24.5. The first-order chi connectivity index (χ1) is 16.8. The Morgan fingerprint density at radius 2 is 1.80 bits per heavy atom. The number of carbonyl (C=O) groups excluding carboxylic acids is 2. The van der Waals surface area contributed by atoms with Crippen LogP contribution >= 0.6 is 0 Å². The smallest absolute Gasteiger partial charge is 0.404 e. The number of aromatic nitrogens is 3. The summed E-state index contributed by atoms with van der Waals surface area (Å²) in [7, 11) is 0. The molecule has 2 amide bonds. The van der Waals surface area contributed by atoms with Gasteiger partial charge in [0.15, 0.2) is 0 Å². The number of ether oxygens (including phenoxy) is 1. The molecule has 1 atom stereocenters. The van der Waals surface area contributed by atoms with Gasteiger partial charge in [-0.15, -0.1) is 0 Å². The first-order valence-corrected chi connectivity index (χ1v) is 12.2. The second-order valence-electron chi connectivity index (χ2n) is 9.41. The minimum Gasteiger partial charge on any atom is -0.445 e. The lowest BCUT2D eigenvalue weighted by atomic mass is 10.1. The molecule has 4 rings (SSSR count). The van der Waals surface area contributed by atoms with Crippen molar-refractivity contribution in [1.29, 1.82) is 0 Å². The average molecular weight is 483 g/mol. The van der Waals surface area contributed by atoms with E-state index in [2.05, 4.69) is 34.0 Å². The highest BCUT2D eigenvalue weighted by Gasteiger charge is 2.25. The second-order valence-corrected chi connectivity index (χ2v) is 9.41. The number of pyridine rings is 1. The molecule has 2 saturated heterocycles. The summed E-state index contributed by atoms with van der Waals surface area (Å²) in [5.74, 6) is 1.26. The maximum absolute atomic E-state index is 12.2. The minimum absolute atomic E-state index is 0.193. The van der Waals surface area contributed by atoms with Crippen LogP contribution in [0.25, 0.3) is 0 Å². The van der Waals surface area contributed by atoms with Gasteiger partial charge in [-0.05, 0) is 44.1 Å². The summed E-state index contributed by atoms with van der Waals surface area (Å²) in [6.07, 6.45) is 5.34. The van der Waals surface area contributed by atoms with Gasteiger partial charge in [-0.1, -0.05) is 13.8 Å². The van der Waals surface area contributed by atoms with E-state index in [0.29, 0.717) is 24.9 Å². The van der Waals surface area contributed by atoms with Crippen LogP contribution in [0, 0.1) is 0 Å². The fourth-order valence-corrected chi connectivity index (χ4v) is 4.51. The Kier molecular flexibility index (Phi) is 7.52. The number of primary amides is 2. The average Bonchev–Trinajstić information content (AvgIpc) is 2.84. The molecule has 4 heterocycles. The third kappa shape index (κ3) is 6.09. The first-order valence-electron chi connectivity index (χ1n) is 12.2. The van der Waals surface area contributed by atoms with Gasteiger partial charge in [-0.3, -0.25) is 4.79 Å². The minimum atomic E-state index is -0.799. The van der Waals surface area contributed by atoms with Gasteiger partial charge in [0.2, 0.25) is 5.95 Å². The van der Waals surface area contributed by atoms with E-state index < -0.39 is 12.0 Å². The van der Waals surface area contributed by atoms with Crippen LogP contribution in [-0.4, -0.2) is 59.2 Å². The number of anilines is 4. The number of hydrogen-bond donors (Lipinski definition) is 3. The fraction of sp³-hybridized carbons (Fsp3) is 0.542. The van der Waals surface area contributed by atoms with Crippen molar-refractivity contribution in [2.75, 3.05) is 41.3 Å². The normalized spacial score (nSPS) is 18.4. The molecule has 0 radical (unpaired) electrons. The summed E-state index contributed by atoms with van der Waals surface area (Å²) >= 11 is 0. The molecule has 2 aromatic rings. The van der Waals surface area contributed by atoms with Crippen LogP contribution < -0.4 is 26.6 Å². The second kappa shape index (κ2) is 10.7. The zero-order chi connectivity index (χ0) is 24.9. The highest BCUT2D eigenvalue weighted by molar-refractivity contribution is 5.98. The predicted octanol–water partition coefficient (Wildman–Crippen LogP) is 2.89. The third-order valence-electron chi connectivity index (χ3n) is 6.35. The molecule has 11 heteroatoms. The number of rotatable bonds is 7. The Hall–Kier alpha value is -3.63. The molecule has 2 aromatic heterocycles. The lowest BCUT2D eigenvalue weighted by molar-refractivity contribution is 0.0959. The summed E-state index contributed by atoms with van der Waals surface area (Å²) in [6, 6.07) is 3.96. The van der Waals surface area contributed by atoms with Gasteiger partial charge in [0.1, 0.15) is 23.3 Å². The molecule has 11 nitrogen and oxygen atoms in total. The number of nitrogens with one attached hydrogen (secondary N) is 1. The van der Waals surface area contributed by atoms with Crippen LogP contribution in [0.15, 0.2) is 18.3 Å². The van der Waals surface area contributed by atoms with Crippen LogP contribution in [0.1, 0.15) is 67.9 Å². The van der Waals surface area contributed by atoms with E-state index in [4.69, 9.17) is 21.2 Å². The van der Waals surface area contributed by atoms with Crippen molar-refractivity contribution >= 4 is 35.3 Å². The molecule has 35 heavy (non-hydrogen) atoms. The zero-order valence-electron chi connectivity index (χ0n) is 20.4. The number of hydrogen-bond acceptors (Lipinski definition) is 9. The molecule has 188 valence electrons. The van der Waals surface area contributed by atoms with Gasteiger partial charge in [-0.25, -0.2) is 14.8 Å². The molecular formula is C24H34N8O3. The molecule has 0 unspecified atom stereocenters. The Balaban J connectivity index is 1.64. The van der Waals surface area contributed by atoms with Gasteiger partial charge >= 0.3 is 6.09 Å². The molecule has 2 fully saturated rings. The summed E-state index contributed by atoms with van der Waals surface area (Å²) in [6.45, 7) is 7.27. The Labute approximate surface area is 205 Å². The van der Waals surface area contributed by atoms with Crippen molar-refractivity contribution in [2.45, 2.75) is 58.0 Å². The largest absolute Gasteiger partial charge is 0.445 e. The maximum Gasteiger partial charge on any atom is 0.404 e. The number of carbonyl (C=O) groups is 2. The molecule has 5 N–H and O–H groups in total. The predicted molar refractivity (Wildman–Crippen MR) is 134 cm³/mol. The van der Waals surface area contributed by atoms with E-state index in [1.807, 2.05) is 17.0 Å². The van der Waals surface area contributed by atoms with E-state index in [1.54, 1.807) is 0 Å². The number of piperidine rings is 2. The summed E-state index contributed by atoms with van der Waals surface area (Å²) in [4.78, 5) is 41.4. The van der Waals surface area contributed by atoms with Crippen molar-refractivity contribution in [3.05, 3.63) is 29.6 Å². The SMILES string of the molecule is CC(C)c1cc(Nc2nc(N3CCC[C@H](OC(N)=O)C3)ncc2C(N)=O)cc(N2CCCCC2)n1. The Morgan fingerprint density at radius 1 is 1.06 bits per heavy atom. The lowest BCUT2D eigenvalue weighted by Gasteiger charge is -2.32. The molecule has 0 aliphatic carbocycles. The Bertz CT molecular complexity index is 1070. The summed E-state index contributed by atoms with van der Waals surface area (Å²) in [5.41, 5.74) is 12.8. The molecule has 2 aliphatic rings. The standard InChI is InChI=1S/C24H34N8O3/c1-15(2)19-11-16(12-20(29-19)31-8-4-3-5-9-31)28-22-18(21(25)33)13-27-24(30-22)32-10-6-7-17(14-32)35-23(26)34/h11-13,15,17H,3-10,14H2,1-2H3,(H2,25,33)(H2,26,34)(H,27,28,29,30)/t17-/m0/s1. The number of nitrogens with zero attached hydrogens (tertiary/aromatic N) is 5. The monoisotopic (exact) mass is 482 g/mol. The Morgan fingerprint density at radius 3 is 2.49 bits per heavy atom. The van der Waals surface area contributed by atoms with Crippen molar-refractivity contribution in [3.8, 4) is 0 Å². The van der Waals surface area contributed by atoms with Crippen molar-refractivity contribution in [3.63, 3.8) is 0 Å². The number of nitrogens with two attached hydrogens (primary N) is 2. The summed E-state index contributed by atoms with van der Waals surface area (Å²) < 4.78 is 5.18. The molecular weight excluding hydrogens is 448 g/mol. The van der Waals surface area contributed by atoms with E-state index in [-0.39, 0.29) is 17.6 Å². The van der Waals surface area contributed by atoms with Crippen LogP contribution in [-0.2, 0) is 4.74 Å². The van der Waals surface area contributed by atoms with E-state index in [0.717, 1.165) is 56.0 Å². The van der Waals surface area contributed by atoms with Crippen LogP contribution in [0.3, 0.4) is 0 Å². The van der Waals surface area contributed by atoms with Crippen molar-refractivity contribution in [2.24, 2.45) is 11.5 Å². The van der Waals surface area contributed by atoms with E-state index in [1.165, 1.54) is 12.6 Å². The van der Waals surface area contributed by atoms with Crippen LogP contribution in [0.5, 0.6) is 0 Å². The highest BCUT2D eigenvalue weighted by Crippen LogP contribution is 2.29. The quantitative estimate of drug-likeness (QED) is 0.540. The van der Waals surface area contributed by atoms with Gasteiger partial charge in [0, 0.05) is 43.3 Å². The van der Waals surface area contributed by atoms with Gasteiger partial charge in [-0.2, -0.15) is 4.98 Å². The van der Waals surface area contributed by atoms with Gasteiger partial charge in [0.25, 0.3) is 5.91 Å². The van der Waals surface area contributed by atoms with E-state index >= 15 is 0 Å². The van der Waals surface area contributed by atoms with Gasteiger partial charge in [0.05, 0.1) is 6.54 Å². The zero-order valence-corrected chi connectivity index (χ0v) is 20.4. The van der Waals surface area contributed by atoms with Gasteiger partial charge < -0.3 is 31.3 Å². The fourth-order valence-electron chi connectivity index (χ4n) is 4.51. The molecule has 0 saturated carbocycles. The third-order valence-corrected chi connectivity index (χ3v) is 6.35. The van der Waals surface area contributed by atoms with Crippen molar-refractivity contribution < 1.29 is 14.3 Å². The topological polar surface area (TPSA) is 153 Å². The summed E-state index contributed by atoms with van der Waals surface area (Å²) in [5, 5.41) is 3.30. The van der Waals surface area contributed by atoms with Crippen molar-refractivity contribution in [1.82, 2.24) is 15.0 Å². The van der Waals surface area contributed by atoms with Crippen LogP contribution in [0.2, 0.25) is 0 Å². The maximum atomic E-state index is 12.2. The van der Waals surface area contributed by atoms with E-state index in [9.17, 15) is 9.59 Å². The van der Waals surface area contributed by atoms with Crippen LogP contribution in [0.4, 0.5) is 28.1 Å². The molecule has 0 spiro atoms. The molecule has 0 aromatic carbocycles. The number of amides is 2. The molecule has 0 bridgehead atoms. The molecule has 2 aliphatic heterocycles.